The highest BCUT2D eigenvalue weighted by atomic mass is 32.2. The fourth-order valence-corrected chi connectivity index (χ4v) is 2.51. The Labute approximate surface area is 143 Å². The molecule has 0 amide bonds. The second kappa shape index (κ2) is 11.9. The molecule has 1 aromatic carbocycles. The van der Waals surface area contributed by atoms with Crippen molar-refractivity contribution >= 4 is 17.7 Å². The molecule has 3 N–H and O–H groups in total. The van der Waals surface area contributed by atoms with Crippen LogP contribution in [0, 0.1) is 0 Å². The van der Waals surface area contributed by atoms with Crippen molar-refractivity contribution in [3.63, 3.8) is 0 Å². The van der Waals surface area contributed by atoms with E-state index < -0.39 is 0 Å². The van der Waals surface area contributed by atoms with Crippen molar-refractivity contribution in [2.75, 3.05) is 31.7 Å². The van der Waals surface area contributed by atoms with Crippen LogP contribution in [0.3, 0.4) is 0 Å². The SMILES string of the molecule is CCNC(=NCc1ccc(O)c(OCC)c1)NCCCCSC. The fraction of sp³-hybridized carbons (Fsp3) is 0.588. The molecule has 0 saturated heterocycles. The largest absolute Gasteiger partial charge is 0.504 e. The molecular weight excluding hydrogens is 310 g/mol. The van der Waals surface area contributed by atoms with Gasteiger partial charge in [0.1, 0.15) is 0 Å². The molecular formula is C17H29N3O2S. The van der Waals surface area contributed by atoms with E-state index in [0.717, 1.165) is 31.0 Å². The molecule has 6 heteroatoms. The number of phenolic OH excluding ortho intramolecular Hbond substituents is 1. The summed E-state index contributed by atoms with van der Waals surface area (Å²) in [4.78, 5) is 4.58. The number of aromatic hydroxyl groups is 1. The summed E-state index contributed by atoms with van der Waals surface area (Å²) >= 11 is 1.88. The van der Waals surface area contributed by atoms with Crippen molar-refractivity contribution in [3.8, 4) is 11.5 Å². The number of ether oxygens (including phenoxy) is 1. The first kappa shape index (κ1) is 19.5. The molecule has 1 rings (SSSR count). The Kier molecular flexibility index (Phi) is 10.1. The van der Waals surface area contributed by atoms with Crippen molar-refractivity contribution < 1.29 is 9.84 Å². The van der Waals surface area contributed by atoms with Crippen LogP contribution in [0.15, 0.2) is 23.2 Å². The molecule has 0 radical (unpaired) electrons. The van der Waals surface area contributed by atoms with E-state index in [-0.39, 0.29) is 5.75 Å². The maximum Gasteiger partial charge on any atom is 0.191 e. The number of guanidine groups is 1. The molecule has 0 unspecified atom stereocenters. The van der Waals surface area contributed by atoms with Gasteiger partial charge in [0.15, 0.2) is 17.5 Å². The zero-order chi connectivity index (χ0) is 16.9. The monoisotopic (exact) mass is 339 g/mol. The second-order valence-corrected chi connectivity index (χ2v) is 6.04. The first-order valence-electron chi connectivity index (χ1n) is 8.17. The van der Waals surface area contributed by atoms with Crippen molar-refractivity contribution in [3.05, 3.63) is 23.8 Å². The average Bonchev–Trinajstić information content (AvgIpc) is 2.55. The van der Waals surface area contributed by atoms with Gasteiger partial charge < -0.3 is 20.5 Å². The Morgan fingerprint density at radius 3 is 2.78 bits per heavy atom. The van der Waals surface area contributed by atoms with Gasteiger partial charge in [-0.2, -0.15) is 11.8 Å². The summed E-state index contributed by atoms with van der Waals surface area (Å²) in [6.07, 6.45) is 4.48. The normalized spacial score (nSPS) is 11.3. The van der Waals surface area contributed by atoms with E-state index in [1.807, 2.05) is 30.8 Å². The Balaban J connectivity index is 2.57. The van der Waals surface area contributed by atoms with Crippen LogP contribution < -0.4 is 15.4 Å². The summed E-state index contributed by atoms with van der Waals surface area (Å²) in [5, 5.41) is 16.3. The van der Waals surface area contributed by atoms with Gasteiger partial charge in [-0.25, -0.2) is 4.99 Å². The van der Waals surface area contributed by atoms with E-state index in [0.29, 0.717) is 18.9 Å². The van der Waals surface area contributed by atoms with Crippen LogP contribution >= 0.6 is 11.8 Å². The molecule has 0 spiro atoms. The number of thioether (sulfide) groups is 1. The van der Waals surface area contributed by atoms with Crippen molar-refractivity contribution in [2.45, 2.75) is 33.2 Å². The summed E-state index contributed by atoms with van der Waals surface area (Å²) in [5.74, 6) is 2.69. The van der Waals surface area contributed by atoms with Gasteiger partial charge in [-0.05, 0) is 56.4 Å². The van der Waals surface area contributed by atoms with E-state index in [2.05, 4.69) is 28.8 Å². The molecule has 0 atom stereocenters. The first-order chi connectivity index (χ1) is 11.2. The van der Waals surface area contributed by atoms with E-state index >= 15 is 0 Å². The number of nitrogens with one attached hydrogen (secondary N) is 2. The molecule has 130 valence electrons. The highest BCUT2D eigenvalue weighted by molar-refractivity contribution is 7.98. The number of hydrogen-bond acceptors (Lipinski definition) is 4. The molecule has 23 heavy (non-hydrogen) atoms. The van der Waals surface area contributed by atoms with Gasteiger partial charge in [0.05, 0.1) is 13.2 Å². The Bertz CT molecular complexity index is 481. The van der Waals surface area contributed by atoms with E-state index in [1.54, 1.807) is 6.07 Å². The van der Waals surface area contributed by atoms with Crippen LogP contribution in [0.4, 0.5) is 0 Å². The minimum atomic E-state index is 0.165. The molecule has 0 aliphatic carbocycles. The predicted octanol–water partition coefficient (Wildman–Crippen LogP) is 2.99. The smallest absolute Gasteiger partial charge is 0.191 e. The third-order valence-electron chi connectivity index (χ3n) is 3.16. The molecule has 0 bridgehead atoms. The van der Waals surface area contributed by atoms with Gasteiger partial charge in [0.25, 0.3) is 0 Å². The lowest BCUT2D eigenvalue weighted by molar-refractivity contribution is 0.318. The standard InChI is InChI=1S/C17H29N3O2S/c1-4-18-17(19-10-6-7-11-23-3)20-13-14-8-9-15(21)16(12-14)22-5-2/h8-9,12,21H,4-7,10-11,13H2,1-3H3,(H2,18,19,20). The lowest BCUT2D eigenvalue weighted by Crippen LogP contribution is -2.37. The van der Waals surface area contributed by atoms with Crippen molar-refractivity contribution in [2.24, 2.45) is 4.99 Å². The van der Waals surface area contributed by atoms with Gasteiger partial charge in [-0.1, -0.05) is 6.07 Å². The lowest BCUT2D eigenvalue weighted by atomic mass is 10.2. The first-order valence-corrected chi connectivity index (χ1v) is 9.56. The maximum absolute atomic E-state index is 9.73. The van der Waals surface area contributed by atoms with Gasteiger partial charge >= 0.3 is 0 Å². The van der Waals surface area contributed by atoms with Gasteiger partial charge in [-0.3, -0.25) is 0 Å². The number of aliphatic imine (C=N–C) groups is 1. The number of unbranched alkanes of at least 4 members (excludes halogenated alkanes) is 1. The van der Waals surface area contributed by atoms with Crippen LogP contribution in [0.25, 0.3) is 0 Å². The predicted molar refractivity (Wildman–Crippen MR) is 99.7 cm³/mol. The van der Waals surface area contributed by atoms with Crippen LogP contribution in [-0.4, -0.2) is 42.8 Å². The Morgan fingerprint density at radius 2 is 2.09 bits per heavy atom. The topological polar surface area (TPSA) is 65.9 Å². The number of phenols is 1. The third kappa shape index (κ3) is 8.02. The summed E-state index contributed by atoms with van der Waals surface area (Å²) in [7, 11) is 0. The minimum Gasteiger partial charge on any atom is -0.504 e. The quantitative estimate of drug-likeness (QED) is 0.347. The van der Waals surface area contributed by atoms with Gasteiger partial charge in [-0.15, -0.1) is 0 Å². The fourth-order valence-electron chi connectivity index (χ4n) is 2.02. The summed E-state index contributed by atoms with van der Waals surface area (Å²) in [6.45, 7) is 6.77. The minimum absolute atomic E-state index is 0.165. The molecule has 1 aromatic rings. The average molecular weight is 340 g/mol. The number of nitrogens with zero attached hydrogens (tertiary/aromatic N) is 1. The van der Waals surface area contributed by atoms with Crippen LogP contribution in [0.1, 0.15) is 32.3 Å². The lowest BCUT2D eigenvalue weighted by Gasteiger charge is -2.11. The van der Waals surface area contributed by atoms with Crippen molar-refractivity contribution in [1.29, 1.82) is 0 Å². The van der Waals surface area contributed by atoms with E-state index in [9.17, 15) is 5.11 Å². The van der Waals surface area contributed by atoms with Crippen LogP contribution in [0.5, 0.6) is 11.5 Å². The van der Waals surface area contributed by atoms with Crippen LogP contribution in [-0.2, 0) is 6.54 Å². The third-order valence-corrected chi connectivity index (χ3v) is 3.85. The molecule has 0 fully saturated rings. The second-order valence-electron chi connectivity index (χ2n) is 5.06. The molecule has 0 aliphatic heterocycles. The molecule has 0 heterocycles. The number of hydrogen-bond donors (Lipinski definition) is 3. The molecule has 0 aromatic heterocycles. The van der Waals surface area contributed by atoms with E-state index in [4.69, 9.17) is 4.74 Å². The van der Waals surface area contributed by atoms with Crippen molar-refractivity contribution in [1.82, 2.24) is 10.6 Å². The number of benzene rings is 1. The molecule has 0 saturated carbocycles. The van der Waals surface area contributed by atoms with Gasteiger partial charge in [0.2, 0.25) is 0 Å². The van der Waals surface area contributed by atoms with E-state index in [1.165, 1.54) is 12.2 Å². The Hall–Kier alpha value is -1.56. The zero-order valence-electron chi connectivity index (χ0n) is 14.4. The highest BCUT2D eigenvalue weighted by Crippen LogP contribution is 2.27. The molecule has 5 nitrogen and oxygen atoms in total. The summed E-state index contributed by atoms with van der Waals surface area (Å²) < 4.78 is 5.40. The molecule has 0 aliphatic rings. The number of rotatable bonds is 10. The maximum atomic E-state index is 9.73. The van der Waals surface area contributed by atoms with Gasteiger partial charge in [0, 0.05) is 13.1 Å². The highest BCUT2D eigenvalue weighted by Gasteiger charge is 2.04. The zero-order valence-corrected chi connectivity index (χ0v) is 15.2. The summed E-state index contributed by atoms with van der Waals surface area (Å²) in [5.41, 5.74) is 1.01. The Morgan fingerprint density at radius 1 is 1.26 bits per heavy atom. The van der Waals surface area contributed by atoms with Crippen LogP contribution in [0.2, 0.25) is 0 Å². The summed E-state index contributed by atoms with van der Waals surface area (Å²) in [6, 6.07) is 5.35.